The van der Waals surface area contributed by atoms with Gasteiger partial charge in [0.05, 0.1) is 11.1 Å². The van der Waals surface area contributed by atoms with Gasteiger partial charge < -0.3 is 10.4 Å². The van der Waals surface area contributed by atoms with Gasteiger partial charge in [0.25, 0.3) is 5.91 Å². The van der Waals surface area contributed by atoms with Crippen LogP contribution < -0.4 is 5.32 Å². The van der Waals surface area contributed by atoms with Gasteiger partial charge >= 0.3 is 5.97 Å². The molecule has 3 aromatic rings. The molecule has 0 saturated carbocycles. The first-order valence-corrected chi connectivity index (χ1v) is 6.64. The maximum atomic E-state index is 12.2. The summed E-state index contributed by atoms with van der Waals surface area (Å²) in [6.45, 7) is 0. The van der Waals surface area contributed by atoms with Crippen LogP contribution >= 0.6 is 0 Å². The summed E-state index contributed by atoms with van der Waals surface area (Å²) >= 11 is 0. The minimum Gasteiger partial charge on any atom is -0.478 e. The molecule has 1 heterocycles. The topological polar surface area (TPSA) is 79.3 Å². The number of carboxylic acid groups (broad SMARTS) is 1. The molecule has 0 fully saturated rings. The molecule has 2 N–H and O–H groups in total. The predicted octanol–water partition coefficient (Wildman–Crippen LogP) is 3.19. The lowest BCUT2D eigenvalue weighted by molar-refractivity contribution is 0.0696. The molecule has 3 rings (SSSR count). The third-order valence-electron chi connectivity index (χ3n) is 3.20. The highest BCUT2D eigenvalue weighted by Crippen LogP contribution is 2.15. The van der Waals surface area contributed by atoms with Gasteiger partial charge in [-0.25, -0.2) is 9.78 Å². The van der Waals surface area contributed by atoms with Crippen molar-refractivity contribution in [2.75, 3.05) is 5.32 Å². The lowest BCUT2D eigenvalue weighted by Gasteiger charge is -2.06. The molecule has 0 atom stereocenters. The fourth-order valence-electron chi connectivity index (χ4n) is 2.12. The Kier molecular flexibility index (Phi) is 3.53. The Morgan fingerprint density at radius 1 is 0.955 bits per heavy atom. The van der Waals surface area contributed by atoms with Crippen LogP contribution in [0.1, 0.15) is 20.8 Å². The van der Waals surface area contributed by atoms with Crippen molar-refractivity contribution in [2.45, 2.75) is 0 Å². The Morgan fingerprint density at radius 3 is 2.59 bits per heavy atom. The fourth-order valence-corrected chi connectivity index (χ4v) is 2.12. The smallest absolute Gasteiger partial charge is 0.335 e. The van der Waals surface area contributed by atoms with Gasteiger partial charge in [0, 0.05) is 11.1 Å². The number of aromatic nitrogens is 1. The zero-order chi connectivity index (χ0) is 15.5. The van der Waals surface area contributed by atoms with Crippen LogP contribution in [0.3, 0.4) is 0 Å². The van der Waals surface area contributed by atoms with Gasteiger partial charge in [-0.3, -0.25) is 4.79 Å². The molecule has 2 aromatic carbocycles. The lowest BCUT2D eigenvalue weighted by Crippen LogP contribution is -2.14. The Labute approximate surface area is 126 Å². The summed E-state index contributed by atoms with van der Waals surface area (Å²) in [5, 5.41) is 12.6. The van der Waals surface area contributed by atoms with Gasteiger partial charge in [0.2, 0.25) is 0 Å². The number of aromatic carboxylic acids is 1. The van der Waals surface area contributed by atoms with Crippen LogP contribution in [0.15, 0.2) is 60.7 Å². The van der Waals surface area contributed by atoms with Crippen molar-refractivity contribution in [1.29, 1.82) is 0 Å². The Balaban J connectivity index is 1.86. The lowest BCUT2D eigenvalue weighted by atomic mass is 10.2. The molecular weight excluding hydrogens is 280 g/mol. The van der Waals surface area contributed by atoms with Crippen LogP contribution in [0.4, 0.5) is 5.69 Å². The molecule has 5 nitrogen and oxygen atoms in total. The van der Waals surface area contributed by atoms with E-state index in [0.717, 1.165) is 10.9 Å². The minimum atomic E-state index is -1.04. The van der Waals surface area contributed by atoms with E-state index in [1.807, 2.05) is 30.3 Å². The van der Waals surface area contributed by atoms with Crippen LogP contribution in [0, 0.1) is 0 Å². The molecule has 1 aromatic heterocycles. The van der Waals surface area contributed by atoms with E-state index in [0.29, 0.717) is 5.69 Å². The van der Waals surface area contributed by atoms with Gasteiger partial charge in [-0.05, 0) is 30.3 Å². The molecule has 0 aliphatic carbocycles. The second-order valence-electron chi connectivity index (χ2n) is 4.73. The zero-order valence-corrected chi connectivity index (χ0v) is 11.5. The summed E-state index contributed by atoms with van der Waals surface area (Å²) in [6.07, 6.45) is 0. The van der Waals surface area contributed by atoms with Crippen molar-refractivity contribution in [1.82, 2.24) is 4.98 Å². The largest absolute Gasteiger partial charge is 0.478 e. The molecule has 1 amide bonds. The highest BCUT2D eigenvalue weighted by molar-refractivity contribution is 6.04. The fraction of sp³-hybridized carbons (Fsp3) is 0. The third kappa shape index (κ3) is 2.78. The molecule has 22 heavy (non-hydrogen) atoms. The predicted molar refractivity (Wildman–Crippen MR) is 83.1 cm³/mol. The first-order chi connectivity index (χ1) is 10.6. The number of benzene rings is 2. The summed E-state index contributed by atoms with van der Waals surface area (Å²) in [5.74, 6) is -1.42. The maximum absolute atomic E-state index is 12.2. The van der Waals surface area contributed by atoms with E-state index in [1.165, 1.54) is 12.1 Å². The van der Waals surface area contributed by atoms with Crippen molar-refractivity contribution in [3.05, 3.63) is 71.9 Å². The normalized spacial score (nSPS) is 10.4. The number of nitrogens with one attached hydrogen (secondary N) is 1. The van der Waals surface area contributed by atoms with Gasteiger partial charge in [-0.15, -0.1) is 0 Å². The number of pyridine rings is 1. The van der Waals surface area contributed by atoms with Gasteiger partial charge in [-0.1, -0.05) is 30.3 Å². The van der Waals surface area contributed by atoms with E-state index in [1.54, 1.807) is 18.2 Å². The molecule has 0 saturated heterocycles. The van der Waals surface area contributed by atoms with Crippen molar-refractivity contribution >= 4 is 28.5 Å². The number of fused-ring (bicyclic) bond motifs is 1. The van der Waals surface area contributed by atoms with E-state index in [9.17, 15) is 9.59 Å². The van der Waals surface area contributed by atoms with Crippen molar-refractivity contribution in [2.24, 2.45) is 0 Å². The summed E-state index contributed by atoms with van der Waals surface area (Å²) in [7, 11) is 0. The average Bonchev–Trinajstić information content (AvgIpc) is 2.54. The molecule has 5 heteroatoms. The monoisotopic (exact) mass is 292 g/mol. The number of para-hydroxylation sites is 1. The van der Waals surface area contributed by atoms with Crippen molar-refractivity contribution < 1.29 is 14.7 Å². The second-order valence-corrected chi connectivity index (χ2v) is 4.73. The number of hydrogen-bond donors (Lipinski definition) is 2. The molecular formula is C17H12N2O3. The number of amides is 1. The van der Waals surface area contributed by atoms with E-state index in [-0.39, 0.29) is 17.2 Å². The van der Waals surface area contributed by atoms with E-state index in [4.69, 9.17) is 5.11 Å². The highest BCUT2D eigenvalue weighted by atomic mass is 16.4. The van der Waals surface area contributed by atoms with E-state index in [2.05, 4.69) is 10.3 Å². The number of carbonyl (C=O) groups excluding carboxylic acids is 1. The van der Waals surface area contributed by atoms with Crippen LogP contribution in [0.2, 0.25) is 0 Å². The van der Waals surface area contributed by atoms with E-state index < -0.39 is 5.97 Å². The average molecular weight is 292 g/mol. The van der Waals surface area contributed by atoms with Gasteiger partial charge in [0.15, 0.2) is 0 Å². The Morgan fingerprint density at radius 2 is 1.77 bits per heavy atom. The van der Waals surface area contributed by atoms with E-state index >= 15 is 0 Å². The summed E-state index contributed by atoms with van der Waals surface area (Å²) < 4.78 is 0. The zero-order valence-electron chi connectivity index (χ0n) is 11.5. The maximum Gasteiger partial charge on any atom is 0.335 e. The molecule has 0 aliphatic heterocycles. The standard InChI is InChI=1S/C17H12N2O3/c20-16(18-13-6-3-5-12(10-13)17(21)22)15-9-8-11-4-1-2-7-14(11)19-15/h1-10H,(H,18,20)(H,21,22). The number of nitrogens with zero attached hydrogens (tertiary/aromatic N) is 1. The van der Waals surface area contributed by atoms with Crippen molar-refractivity contribution in [3.63, 3.8) is 0 Å². The number of anilines is 1. The number of hydrogen-bond acceptors (Lipinski definition) is 3. The second kappa shape index (κ2) is 5.65. The molecule has 0 spiro atoms. The van der Waals surface area contributed by atoms with Gasteiger partial charge in [0.1, 0.15) is 5.69 Å². The van der Waals surface area contributed by atoms with Crippen LogP contribution in [-0.2, 0) is 0 Å². The Bertz CT molecular complexity index is 874. The van der Waals surface area contributed by atoms with Gasteiger partial charge in [-0.2, -0.15) is 0 Å². The highest BCUT2D eigenvalue weighted by Gasteiger charge is 2.10. The summed E-state index contributed by atoms with van der Waals surface area (Å²) in [6, 6.07) is 17.0. The minimum absolute atomic E-state index is 0.115. The summed E-state index contributed by atoms with van der Waals surface area (Å²) in [5.41, 5.74) is 1.54. The molecule has 0 radical (unpaired) electrons. The molecule has 0 unspecified atom stereocenters. The third-order valence-corrected chi connectivity index (χ3v) is 3.20. The molecule has 108 valence electrons. The van der Waals surface area contributed by atoms with Crippen LogP contribution in [0.5, 0.6) is 0 Å². The number of rotatable bonds is 3. The molecule has 0 bridgehead atoms. The first kappa shape index (κ1) is 13.8. The first-order valence-electron chi connectivity index (χ1n) is 6.64. The SMILES string of the molecule is O=C(O)c1cccc(NC(=O)c2ccc3ccccc3n2)c1. The Hall–Kier alpha value is -3.21. The number of carbonyl (C=O) groups is 2. The summed E-state index contributed by atoms with van der Waals surface area (Å²) in [4.78, 5) is 27.4. The number of carboxylic acids is 1. The molecule has 0 aliphatic rings. The van der Waals surface area contributed by atoms with Crippen LogP contribution in [-0.4, -0.2) is 22.0 Å². The quantitative estimate of drug-likeness (QED) is 0.777. The van der Waals surface area contributed by atoms with Crippen LogP contribution in [0.25, 0.3) is 10.9 Å². The van der Waals surface area contributed by atoms with Crippen molar-refractivity contribution in [3.8, 4) is 0 Å².